The van der Waals surface area contributed by atoms with E-state index in [0.717, 1.165) is 6.42 Å². The van der Waals surface area contributed by atoms with Gasteiger partial charge in [-0.2, -0.15) is 0 Å². The van der Waals surface area contributed by atoms with Crippen LogP contribution < -0.4 is 5.32 Å². The van der Waals surface area contributed by atoms with E-state index >= 15 is 0 Å². The second-order valence-corrected chi connectivity index (χ2v) is 4.47. The topological polar surface area (TPSA) is 38.3 Å². The first-order chi connectivity index (χ1) is 8.33. The zero-order valence-electron chi connectivity index (χ0n) is 9.82. The number of hydrogen-bond donors (Lipinski definition) is 1. The van der Waals surface area contributed by atoms with E-state index in [1.54, 1.807) is 0 Å². The van der Waals surface area contributed by atoms with Gasteiger partial charge in [0.05, 0.1) is 6.61 Å². The molecule has 3 nitrogen and oxygen atoms in total. The zero-order chi connectivity index (χ0) is 12.3. The second kappa shape index (κ2) is 9.19. The van der Waals surface area contributed by atoms with Crippen LogP contribution in [0.5, 0.6) is 0 Å². The normalized spacial score (nSPS) is 10.2. The largest absolute Gasteiger partial charge is 0.377 e. The van der Waals surface area contributed by atoms with Crippen molar-refractivity contribution in [2.75, 3.05) is 18.5 Å². The molecule has 1 rings (SSSR count). The lowest BCUT2D eigenvalue weighted by Crippen LogP contribution is -2.25. The van der Waals surface area contributed by atoms with Crippen molar-refractivity contribution in [3.63, 3.8) is 0 Å². The van der Waals surface area contributed by atoms with E-state index in [1.165, 1.54) is 5.56 Å². The van der Waals surface area contributed by atoms with Crippen LogP contribution in [0, 0.1) is 0 Å². The lowest BCUT2D eigenvalue weighted by Gasteiger charge is -2.05. The third-order valence-electron chi connectivity index (χ3n) is 2.22. The predicted molar refractivity (Wildman–Crippen MR) is 72.1 cm³/mol. The van der Waals surface area contributed by atoms with Gasteiger partial charge >= 0.3 is 0 Å². The monoisotopic (exact) mass is 299 g/mol. The molecule has 0 saturated carbocycles. The fraction of sp³-hybridized carbons (Fsp3) is 0.462. The number of benzene rings is 1. The van der Waals surface area contributed by atoms with Crippen molar-refractivity contribution < 1.29 is 9.53 Å². The molecule has 0 atom stereocenters. The highest BCUT2D eigenvalue weighted by atomic mass is 79.9. The quantitative estimate of drug-likeness (QED) is 0.592. The number of rotatable bonds is 8. The number of nitrogens with one attached hydrogen (secondary N) is 1. The molecule has 0 aliphatic carbocycles. The summed E-state index contributed by atoms with van der Waals surface area (Å²) in [6.45, 7) is 1.99. The molecule has 17 heavy (non-hydrogen) atoms. The minimum atomic E-state index is 0.0879. The molecule has 0 saturated heterocycles. The first-order valence-electron chi connectivity index (χ1n) is 5.77. The molecule has 0 radical (unpaired) electrons. The SMILES string of the molecule is O=C(CCBr)NCCCOCc1ccccc1. The maximum Gasteiger partial charge on any atom is 0.220 e. The Morgan fingerprint density at radius 1 is 1.29 bits per heavy atom. The number of carbonyl (C=O) groups is 1. The Labute approximate surface area is 111 Å². The van der Waals surface area contributed by atoms with Gasteiger partial charge in [0.15, 0.2) is 0 Å². The van der Waals surface area contributed by atoms with E-state index in [0.29, 0.717) is 31.5 Å². The molecule has 0 bridgehead atoms. The van der Waals surface area contributed by atoms with Gasteiger partial charge in [-0.3, -0.25) is 4.79 Å². The Morgan fingerprint density at radius 3 is 2.76 bits per heavy atom. The van der Waals surface area contributed by atoms with E-state index < -0.39 is 0 Å². The number of carbonyl (C=O) groups excluding carboxylic acids is 1. The molecule has 1 aromatic rings. The predicted octanol–water partition coefficient (Wildman–Crippen LogP) is 2.49. The Hall–Kier alpha value is -0.870. The van der Waals surface area contributed by atoms with Gasteiger partial charge < -0.3 is 10.1 Å². The van der Waals surface area contributed by atoms with Crippen molar-refractivity contribution in [2.45, 2.75) is 19.4 Å². The number of ether oxygens (including phenoxy) is 1. The minimum Gasteiger partial charge on any atom is -0.377 e. The summed E-state index contributed by atoms with van der Waals surface area (Å²) in [6, 6.07) is 10.1. The van der Waals surface area contributed by atoms with Crippen LogP contribution in [0.15, 0.2) is 30.3 Å². The fourth-order valence-corrected chi connectivity index (χ4v) is 1.70. The third kappa shape index (κ3) is 7.13. The standard InChI is InChI=1S/C13H18BrNO2/c14-8-7-13(16)15-9-4-10-17-11-12-5-2-1-3-6-12/h1-3,5-6H,4,7-11H2,(H,15,16). The summed E-state index contributed by atoms with van der Waals surface area (Å²) in [5, 5.41) is 3.54. The van der Waals surface area contributed by atoms with Crippen LogP contribution in [0.3, 0.4) is 0 Å². The summed E-state index contributed by atoms with van der Waals surface area (Å²) in [5.74, 6) is 0.0879. The summed E-state index contributed by atoms with van der Waals surface area (Å²) in [6.07, 6.45) is 1.38. The van der Waals surface area contributed by atoms with Gasteiger partial charge in [-0.25, -0.2) is 0 Å². The Morgan fingerprint density at radius 2 is 2.06 bits per heavy atom. The number of alkyl halides is 1. The van der Waals surface area contributed by atoms with Crippen molar-refractivity contribution in [2.24, 2.45) is 0 Å². The lowest BCUT2D eigenvalue weighted by molar-refractivity contribution is -0.120. The Balaban J connectivity index is 1.96. The van der Waals surface area contributed by atoms with Crippen LogP contribution in [0.25, 0.3) is 0 Å². The van der Waals surface area contributed by atoms with Crippen molar-refractivity contribution in [3.05, 3.63) is 35.9 Å². The number of hydrogen-bond acceptors (Lipinski definition) is 2. The molecular formula is C13H18BrNO2. The van der Waals surface area contributed by atoms with Gasteiger partial charge in [0, 0.05) is 24.9 Å². The summed E-state index contributed by atoms with van der Waals surface area (Å²) in [5.41, 5.74) is 1.18. The fourth-order valence-electron chi connectivity index (χ4n) is 1.34. The maximum atomic E-state index is 11.1. The molecule has 0 spiro atoms. The molecule has 94 valence electrons. The van der Waals surface area contributed by atoms with Crippen LogP contribution in [0.1, 0.15) is 18.4 Å². The molecule has 1 amide bonds. The molecule has 0 heterocycles. The Kier molecular flexibility index (Phi) is 7.67. The average molecular weight is 300 g/mol. The van der Waals surface area contributed by atoms with E-state index in [-0.39, 0.29) is 5.91 Å². The van der Waals surface area contributed by atoms with Gasteiger partial charge in [0.2, 0.25) is 5.91 Å². The van der Waals surface area contributed by atoms with Crippen LogP contribution in [-0.2, 0) is 16.1 Å². The van der Waals surface area contributed by atoms with Gasteiger partial charge in [-0.15, -0.1) is 0 Å². The van der Waals surface area contributed by atoms with Gasteiger partial charge in [0.25, 0.3) is 0 Å². The van der Waals surface area contributed by atoms with Crippen molar-refractivity contribution >= 4 is 21.8 Å². The minimum absolute atomic E-state index is 0.0879. The first kappa shape index (κ1) is 14.2. The maximum absolute atomic E-state index is 11.1. The molecule has 1 N–H and O–H groups in total. The summed E-state index contributed by atoms with van der Waals surface area (Å²) in [7, 11) is 0. The third-order valence-corrected chi connectivity index (χ3v) is 2.62. The van der Waals surface area contributed by atoms with E-state index in [9.17, 15) is 4.79 Å². The molecule has 0 aromatic heterocycles. The molecule has 0 unspecified atom stereocenters. The van der Waals surface area contributed by atoms with Crippen molar-refractivity contribution in [1.82, 2.24) is 5.32 Å². The van der Waals surface area contributed by atoms with Crippen molar-refractivity contribution in [1.29, 1.82) is 0 Å². The summed E-state index contributed by atoms with van der Waals surface area (Å²) < 4.78 is 5.50. The number of amides is 1. The van der Waals surface area contributed by atoms with Crippen LogP contribution in [-0.4, -0.2) is 24.4 Å². The van der Waals surface area contributed by atoms with Crippen LogP contribution >= 0.6 is 15.9 Å². The molecule has 0 fully saturated rings. The van der Waals surface area contributed by atoms with E-state index in [1.807, 2.05) is 30.3 Å². The smallest absolute Gasteiger partial charge is 0.220 e. The van der Waals surface area contributed by atoms with Crippen LogP contribution in [0.4, 0.5) is 0 Å². The second-order valence-electron chi connectivity index (χ2n) is 3.68. The highest BCUT2D eigenvalue weighted by molar-refractivity contribution is 9.09. The lowest BCUT2D eigenvalue weighted by atomic mass is 10.2. The van der Waals surface area contributed by atoms with Crippen LogP contribution in [0.2, 0.25) is 0 Å². The molecule has 1 aromatic carbocycles. The van der Waals surface area contributed by atoms with Gasteiger partial charge in [-0.1, -0.05) is 46.3 Å². The molecule has 0 aliphatic heterocycles. The van der Waals surface area contributed by atoms with Gasteiger partial charge in [-0.05, 0) is 12.0 Å². The average Bonchev–Trinajstić information content (AvgIpc) is 2.35. The van der Waals surface area contributed by atoms with Crippen molar-refractivity contribution in [3.8, 4) is 0 Å². The van der Waals surface area contributed by atoms with Gasteiger partial charge in [0.1, 0.15) is 0 Å². The highest BCUT2D eigenvalue weighted by Crippen LogP contribution is 2.00. The Bertz CT molecular complexity index is 316. The summed E-state index contributed by atoms with van der Waals surface area (Å²) >= 11 is 3.22. The summed E-state index contributed by atoms with van der Waals surface area (Å²) in [4.78, 5) is 11.1. The molecule has 4 heteroatoms. The number of halogens is 1. The van der Waals surface area contributed by atoms with E-state index in [4.69, 9.17) is 4.74 Å². The molecule has 0 aliphatic rings. The highest BCUT2D eigenvalue weighted by Gasteiger charge is 1.98. The molecular weight excluding hydrogens is 282 g/mol. The van der Waals surface area contributed by atoms with E-state index in [2.05, 4.69) is 21.2 Å². The zero-order valence-corrected chi connectivity index (χ0v) is 11.4. The first-order valence-corrected chi connectivity index (χ1v) is 6.89.